The number of amides is 1. The van der Waals surface area contributed by atoms with Crippen molar-refractivity contribution in [2.75, 3.05) is 11.4 Å². The first-order valence-corrected chi connectivity index (χ1v) is 8.61. The van der Waals surface area contributed by atoms with Gasteiger partial charge in [0.15, 0.2) is 5.78 Å². The maximum Gasteiger partial charge on any atom is 0.414 e. The van der Waals surface area contributed by atoms with Crippen LogP contribution in [0, 0.1) is 12.7 Å². The monoisotopic (exact) mass is 401 g/mol. The highest BCUT2D eigenvalue weighted by Gasteiger charge is 2.33. The van der Waals surface area contributed by atoms with Gasteiger partial charge in [-0.05, 0) is 71.7 Å². The Bertz CT molecular complexity index is 650. The van der Waals surface area contributed by atoms with Crippen LogP contribution in [0.5, 0.6) is 0 Å². The van der Waals surface area contributed by atoms with Gasteiger partial charge in [0.2, 0.25) is 0 Å². The molecule has 134 valence electrons. The maximum atomic E-state index is 14.2. The Morgan fingerprint density at radius 1 is 1.25 bits per heavy atom. The standard InChI is InChI=1S/C18H25BrFNO3/c1-8-21(16(23)24-17(4,5)6)15-10-13(20)9-14(11(15)2)18(7,19)12(3)22/h9-10H,8H2,1-7H3. The fraction of sp³-hybridized carbons (Fsp3) is 0.556. The minimum Gasteiger partial charge on any atom is -0.443 e. The second kappa shape index (κ2) is 7.21. The number of alkyl halides is 1. The third-order valence-electron chi connectivity index (χ3n) is 3.73. The predicted octanol–water partition coefficient (Wildman–Crippen LogP) is 5.09. The molecule has 1 aromatic carbocycles. The fourth-order valence-electron chi connectivity index (χ4n) is 2.34. The molecule has 0 fully saturated rings. The number of anilines is 1. The van der Waals surface area contributed by atoms with Crippen LogP contribution >= 0.6 is 15.9 Å². The molecule has 0 saturated heterocycles. The van der Waals surface area contributed by atoms with Crippen LogP contribution in [-0.4, -0.2) is 24.0 Å². The topological polar surface area (TPSA) is 46.6 Å². The third kappa shape index (κ3) is 4.56. The van der Waals surface area contributed by atoms with Gasteiger partial charge in [-0.25, -0.2) is 9.18 Å². The Morgan fingerprint density at radius 3 is 2.21 bits per heavy atom. The van der Waals surface area contributed by atoms with Crippen LogP contribution in [0.25, 0.3) is 0 Å². The van der Waals surface area contributed by atoms with E-state index < -0.39 is 21.8 Å². The normalized spacial score (nSPS) is 14.0. The Kier molecular flexibility index (Phi) is 6.20. The summed E-state index contributed by atoms with van der Waals surface area (Å²) in [6, 6.07) is 2.60. The van der Waals surface area contributed by atoms with Gasteiger partial charge in [-0.1, -0.05) is 15.9 Å². The predicted molar refractivity (Wildman–Crippen MR) is 97.4 cm³/mol. The number of hydrogen-bond acceptors (Lipinski definition) is 3. The summed E-state index contributed by atoms with van der Waals surface area (Å²) in [6.07, 6.45) is -0.552. The van der Waals surface area contributed by atoms with Crippen molar-refractivity contribution in [1.82, 2.24) is 0 Å². The smallest absolute Gasteiger partial charge is 0.414 e. The lowest BCUT2D eigenvalue weighted by Gasteiger charge is -2.30. The van der Waals surface area contributed by atoms with Crippen molar-refractivity contribution in [2.45, 2.75) is 58.4 Å². The number of ether oxygens (including phenoxy) is 1. The molecule has 24 heavy (non-hydrogen) atoms. The molecule has 1 amide bonds. The first-order chi connectivity index (χ1) is 10.8. The number of hydrogen-bond donors (Lipinski definition) is 0. The summed E-state index contributed by atoms with van der Waals surface area (Å²) < 4.78 is 18.6. The van der Waals surface area contributed by atoms with E-state index in [1.807, 2.05) is 0 Å². The van der Waals surface area contributed by atoms with E-state index in [9.17, 15) is 14.0 Å². The fourth-order valence-corrected chi connectivity index (χ4v) is 2.75. The van der Waals surface area contributed by atoms with Crippen LogP contribution in [0.2, 0.25) is 0 Å². The van der Waals surface area contributed by atoms with Gasteiger partial charge in [-0.2, -0.15) is 0 Å². The molecule has 0 spiro atoms. The Morgan fingerprint density at radius 2 is 1.79 bits per heavy atom. The molecule has 1 rings (SSSR count). The molecule has 0 aromatic heterocycles. The van der Waals surface area contributed by atoms with E-state index in [1.165, 1.54) is 24.0 Å². The molecule has 0 radical (unpaired) electrons. The molecule has 0 aliphatic heterocycles. The number of nitrogens with zero attached hydrogens (tertiary/aromatic N) is 1. The zero-order valence-corrected chi connectivity index (χ0v) is 16.9. The van der Waals surface area contributed by atoms with Crippen LogP contribution in [0.3, 0.4) is 0 Å². The van der Waals surface area contributed by atoms with Gasteiger partial charge in [0.25, 0.3) is 0 Å². The molecule has 0 N–H and O–H groups in total. The highest BCUT2D eigenvalue weighted by Crippen LogP contribution is 2.38. The average Bonchev–Trinajstić information content (AvgIpc) is 2.40. The molecule has 1 aromatic rings. The van der Waals surface area contributed by atoms with Crippen molar-refractivity contribution in [2.24, 2.45) is 0 Å². The Balaban J connectivity index is 3.45. The van der Waals surface area contributed by atoms with Crippen LogP contribution in [0.15, 0.2) is 12.1 Å². The second-order valence-corrected chi connectivity index (χ2v) is 8.47. The van der Waals surface area contributed by atoms with Gasteiger partial charge in [0.05, 0.1) is 5.69 Å². The lowest BCUT2D eigenvalue weighted by Crippen LogP contribution is -2.37. The highest BCUT2D eigenvalue weighted by atomic mass is 79.9. The third-order valence-corrected chi connectivity index (χ3v) is 4.72. The van der Waals surface area contributed by atoms with Crippen molar-refractivity contribution in [3.8, 4) is 0 Å². The molecule has 4 nitrogen and oxygen atoms in total. The van der Waals surface area contributed by atoms with Crippen LogP contribution < -0.4 is 4.90 Å². The van der Waals surface area contributed by atoms with Crippen molar-refractivity contribution in [1.29, 1.82) is 0 Å². The summed E-state index contributed by atoms with van der Waals surface area (Å²) in [5, 5.41) is 0. The molecular weight excluding hydrogens is 377 g/mol. The van der Waals surface area contributed by atoms with Crippen molar-refractivity contribution < 1.29 is 18.7 Å². The van der Waals surface area contributed by atoms with Gasteiger partial charge < -0.3 is 4.74 Å². The number of Topliss-reactive ketones (excluding diaryl/α,β-unsaturated/α-hetero) is 1. The number of ketones is 1. The first-order valence-electron chi connectivity index (χ1n) is 7.82. The molecule has 6 heteroatoms. The van der Waals surface area contributed by atoms with Crippen molar-refractivity contribution >= 4 is 33.5 Å². The summed E-state index contributed by atoms with van der Waals surface area (Å²) in [4.78, 5) is 25.7. The molecular formula is C18H25BrFNO3. The number of benzene rings is 1. The summed E-state index contributed by atoms with van der Waals surface area (Å²) in [7, 11) is 0. The average molecular weight is 402 g/mol. The molecule has 0 bridgehead atoms. The van der Waals surface area contributed by atoms with Gasteiger partial charge in [0, 0.05) is 6.54 Å². The van der Waals surface area contributed by atoms with E-state index in [4.69, 9.17) is 4.74 Å². The molecule has 0 aliphatic carbocycles. The summed E-state index contributed by atoms with van der Waals surface area (Å²) in [5.74, 6) is -0.665. The molecule has 1 unspecified atom stereocenters. The summed E-state index contributed by atoms with van der Waals surface area (Å²) in [6.45, 7) is 12.3. The number of carbonyl (C=O) groups excluding carboxylic acids is 2. The summed E-state index contributed by atoms with van der Waals surface area (Å²) in [5.41, 5.74) is 0.886. The molecule has 1 atom stereocenters. The second-order valence-electron chi connectivity index (χ2n) is 6.88. The zero-order chi connectivity index (χ0) is 18.9. The molecule has 0 heterocycles. The van der Waals surface area contributed by atoms with Crippen LogP contribution in [-0.2, 0) is 13.9 Å². The minimum atomic E-state index is -1.03. The van der Waals surface area contributed by atoms with Gasteiger partial charge in [-0.15, -0.1) is 0 Å². The Labute approximate surface area is 151 Å². The minimum absolute atomic E-state index is 0.150. The molecule has 0 aliphatic rings. The zero-order valence-electron chi connectivity index (χ0n) is 15.3. The highest BCUT2D eigenvalue weighted by molar-refractivity contribution is 9.10. The number of rotatable bonds is 4. The summed E-state index contributed by atoms with van der Waals surface area (Å²) >= 11 is 3.38. The van der Waals surface area contributed by atoms with Gasteiger partial charge in [0.1, 0.15) is 15.7 Å². The molecule has 0 saturated carbocycles. The van der Waals surface area contributed by atoms with Gasteiger partial charge >= 0.3 is 6.09 Å². The lowest BCUT2D eigenvalue weighted by atomic mass is 9.91. The SMILES string of the molecule is CCN(C(=O)OC(C)(C)C)c1cc(F)cc(C(C)(Br)C(C)=O)c1C. The van der Waals surface area contributed by atoms with E-state index in [0.717, 1.165) is 0 Å². The van der Waals surface area contributed by atoms with Crippen molar-refractivity contribution in [3.05, 3.63) is 29.1 Å². The van der Waals surface area contributed by atoms with E-state index in [0.29, 0.717) is 23.4 Å². The van der Waals surface area contributed by atoms with E-state index >= 15 is 0 Å². The van der Waals surface area contributed by atoms with Crippen molar-refractivity contribution in [3.63, 3.8) is 0 Å². The number of halogens is 2. The van der Waals surface area contributed by atoms with Gasteiger partial charge in [-0.3, -0.25) is 9.69 Å². The largest absolute Gasteiger partial charge is 0.443 e. The van der Waals surface area contributed by atoms with Crippen LogP contribution in [0.4, 0.5) is 14.9 Å². The first kappa shape index (κ1) is 20.6. The van der Waals surface area contributed by atoms with Crippen LogP contribution in [0.1, 0.15) is 52.7 Å². The van der Waals surface area contributed by atoms with E-state index in [2.05, 4.69) is 15.9 Å². The maximum absolute atomic E-state index is 14.2. The van der Waals surface area contributed by atoms with E-state index in [-0.39, 0.29) is 5.78 Å². The Hall–Kier alpha value is -1.43. The quantitative estimate of drug-likeness (QED) is 0.659. The van der Waals surface area contributed by atoms with E-state index in [1.54, 1.807) is 41.5 Å². The lowest BCUT2D eigenvalue weighted by molar-refractivity contribution is -0.118. The number of carbonyl (C=O) groups is 2.